The number of amides is 1. The Morgan fingerprint density at radius 2 is 1.91 bits per heavy atom. The van der Waals surface area contributed by atoms with Gasteiger partial charge in [0.2, 0.25) is 0 Å². The van der Waals surface area contributed by atoms with Crippen LogP contribution >= 0.6 is 56.5 Å². The lowest BCUT2D eigenvalue weighted by Gasteiger charge is -2.12. The van der Waals surface area contributed by atoms with Crippen LogP contribution in [0.5, 0.6) is 5.75 Å². The maximum atomic E-state index is 12.9. The predicted octanol–water partition coefficient (Wildman–Crippen LogP) is 7.14. The minimum Gasteiger partial charge on any atom is -0.487 e. The molecule has 1 aliphatic carbocycles. The van der Waals surface area contributed by atoms with Crippen molar-refractivity contribution in [2.45, 2.75) is 39.2 Å². The third-order valence-corrected chi connectivity index (χ3v) is 8.48. The fraction of sp³-hybridized carbons (Fsp3) is 0.222. The number of nitrogens with zero attached hydrogens (tertiary/aromatic N) is 2. The summed E-state index contributed by atoms with van der Waals surface area (Å²) in [5.74, 6) is 0.267. The fourth-order valence-corrected chi connectivity index (χ4v) is 7.38. The molecule has 0 bridgehead atoms. The smallest absolute Gasteiger partial charge is 0.266 e. The topological polar surface area (TPSA) is 85.9 Å². The molecule has 1 aliphatic rings. The van der Waals surface area contributed by atoms with Crippen LogP contribution < -0.4 is 10.1 Å². The van der Waals surface area contributed by atoms with Crippen LogP contribution in [-0.2, 0) is 24.2 Å². The molecule has 3 aromatic rings. The van der Waals surface area contributed by atoms with E-state index >= 15 is 0 Å². The summed E-state index contributed by atoms with van der Waals surface area (Å²) in [6.45, 7) is 2.51. The van der Waals surface area contributed by atoms with E-state index in [-0.39, 0.29) is 5.57 Å². The molecule has 176 valence electrons. The molecule has 1 amide bonds. The van der Waals surface area contributed by atoms with Crippen molar-refractivity contribution in [1.29, 1.82) is 10.5 Å². The van der Waals surface area contributed by atoms with E-state index in [4.69, 9.17) is 4.74 Å². The molecular weight excluding hydrogens is 684 g/mol. The second kappa shape index (κ2) is 11.5. The van der Waals surface area contributed by atoms with Gasteiger partial charge in [0, 0.05) is 4.88 Å². The zero-order chi connectivity index (χ0) is 24.9. The molecule has 0 aliphatic heterocycles. The van der Waals surface area contributed by atoms with Crippen LogP contribution in [0.25, 0.3) is 6.08 Å². The van der Waals surface area contributed by atoms with Crippen molar-refractivity contribution in [3.05, 3.63) is 81.8 Å². The minimum atomic E-state index is -0.507. The molecular formula is C27H21I2N3O2S. The highest BCUT2D eigenvalue weighted by Crippen LogP contribution is 2.38. The Kier molecular flexibility index (Phi) is 8.47. The van der Waals surface area contributed by atoms with E-state index in [0.717, 1.165) is 60.1 Å². The lowest BCUT2D eigenvalue weighted by Crippen LogP contribution is -2.13. The number of rotatable bonds is 6. The van der Waals surface area contributed by atoms with Crippen LogP contribution in [0, 0.1) is 36.7 Å². The molecule has 0 unspecified atom stereocenters. The van der Waals surface area contributed by atoms with Gasteiger partial charge in [-0.3, -0.25) is 4.79 Å². The van der Waals surface area contributed by atoms with Gasteiger partial charge >= 0.3 is 0 Å². The number of anilines is 1. The molecule has 8 heteroatoms. The predicted molar refractivity (Wildman–Crippen MR) is 155 cm³/mol. The first-order valence-corrected chi connectivity index (χ1v) is 14.0. The summed E-state index contributed by atoms with van der Waals surface area (Å²) in [6.07, 6.45) is 5.51. The molecule has 1 heterocycles. The van der Waals surface area contributed by atoms with Crippen LogP contribution in [0.3, 0.4) is 0 Å². The monoisotopic (exact) mass is 705 g/mol. The molecule has 1 N–H and O–H groups in total. The summed E-state index contributed by atoms with van der Waals surface area (Å²) in [4.78, 5) is 14.1. The van der Waals surface area contributed by atoms with E-state index in [1.54, 1.807) is 6.08 Å². The van der Waals surface area contributed by atoms with Crippen LogP contribution in [0.15, 0.2) is 42.0 Å². The van der Waals surface area contributed by atoms with E-state index in [1.165, 1.54) is 16.9 Å². The van der Waals surface area contributed by atoms with E-state index in [0.29, 0.717) is 17.2 Å². The summed E-state index contributed by atoms with van der Waals surface area (Å²) in [5, 5.41) is 22.7. The summed E-state index contributed by atoms with van der Waals surface area (Å²) >= 11 is 5.87. The van der Waals surface area contributed by atoms with Crippen molar-refractivity contribution in [1.82, 2.24) is 0 Å². The quantitative estimate of drug-likeness (QED) is 0.168. The number of thiophene rings is 1. The normalized spacial score (nSPS) is 12.9. The van der Waals surface area contributed by atoms with Gasteiger partial charge in [-0.05, 0) is 113 Å². The number of hydrogen-bond donors (Lipinski definition) is 1. The van der Waals surface area contributed by atoms with Crippen LogP contribution in [-0.4, -0.2) is 5.91 Å². The standard InChI is InChI=1S/C27H21I2N3O2S/c1-16-5-4-6-17(9-16)15-34-25-22(28)11-18(12-23(25)29)10-19(13-30)26(33)32-27-21(14-31)20-7-2-3-8-24(20)35-27/h4-6,9-12H,2-3,7-8,15H2,1H3,(H,32,33)/b19-10+. The lowest BCUT2D eigenvalue weighted by atomic mass is 9.96. The Balaban J connectivity index is 1.53. The van der Waals surface area contributed by atoms with E-state index in [9.17, 15) is 15.3 Å². The van der Waals surface area contributed by atoms with Gasteiger partial charge in [0.05, 0.1) is 12.7 Å². The largest absolute Gasteiger partial charge is 0.487 e. The molecule has 4 rings (SSSR count). The van der Waals surface area contributed by atoms with Crippen LogP contribution in [0.1, 0.15) is 45.5 Å². The minimum absolute atomic E-state index is 0.0136. The first kappa shape index (κ1) is 25.7. The maximum absolute atomic E-state index is 12.9. The number of nitriles is 2. The van der Waals surface area contributed by atoms with E-state index in [2.05, 4.69) is 75.6 Å². The average molecular weight is 705 g/mol. The van der Waals surface area contributed by atoms with Gasteiger partial charge in [0.25, 0.3) is 5.91 Å². The van der Waals surface area contributed by atoms with Gasteiger partial charge in [-0.1, -0.05) is 29.8 Å². The van der Waals surface area contributed by atoms with Gasteiger partial charge in [-0.15, -0.1) is 11.3 Å². The molecule has 0 atom stereocenters. The number of carbonyl (C=O) groups is 1. The van der Waals surface area contributed by atoms with E-state index in [1.807, 2.05) is 30.3 Å². The molecule has 2 aromatic carbocycles. The van der Waals surface area contributed by atoms with Crippen molar-refractivity contribution in [2.75, 3.05) is 5.32 Å². The summed E-state index contributed by atoms with van der Waals surface area (Å²) < 4.78 is 7.86. The summed E-state index contributed by atoms with van der Waals surface area (Å²) in [6, 6.07) is 16.2. The van der Waals surface area contributed by atoms with Crippen LogP contribution in [0.4, 0.5) is 5.00 Å². The van der Waals surface area contributed by atoms with E-state index < -0.39 is 5.91 Å². The number of fused-ring (bicyclic) bond motifs is 1. The third-order valence-electron chi connectivity index (χ3n) is 5.67. The SMILES string of the molecule is Cc1cccc(COc2c(I)cc(/C=C(\C#N)C(=O)Nc3sc4c(c3C#N)CCCC4)cc2I)c1. The second-order valence-corrected chi connectivity index (χ2v) is 11.7. The summed E-state index contributed by atoms with van der Waals surface area (Å²) in [5.41, 5.74) is 4.58. The number of aryl methyl sites for hydroxylation is 2. The first-order valence-electron chi connectivity index (χ1n) is 11.0. The highest BCUT2D eigenvalue weighted by Gasteiger charge is 2.23. The molecule has 0 radical (unpaired) electrons. The van der Waals surface area contributed by atoms with Gasteiger partial charge in [-0.2, -0.15) is 10.5 Å². The van der Waals surface area contributed by atoms with Crippen molar-refractivity contribution in [2.24, 2.45) is 0 Å². The van der Waals surface area contributed by atoms with Crippen molar-refractivity contribution >= 4 is 73.5 Å². The van der Waals surface area contributed by atoms with Gasteiger partial charge < -0.3 is 10.1 Å². The number of ether oxygens (including phenoxy) is 1. The molecule has 0 saturated heterocycles. The van der Waals surface area contributed by atoms with Crippen molar-refractivity contribution in [3.63, 3.8) is 0 Å². The third kappa shape index (κ3) is 6.05. The molecule has 35 heavy (non-hydrogen) atoms. The summed E-state index contributed by atoms with van der Waals surface area (Å²) in [7, 11) is 0. The molecule has 0 saturated carbocycles. The zero-order valence-corrected chi connectivity index (χ0v) is 24.1. The molecule has 0 spiro atoms. The fourth-order valence-electron chi connectivity index (χ4n) is 4.02. The van der Waals surface area contributed by atoms with Crippen molar-refractivity contribution < 1.29 is 9.53 Å². The van der Waals surface area contributed by atoms with Gasteiger partial charge in [-0.25, -0.2) is 0 Å². The zero-order valence-electron chi connectivity index (χ0n) is 19.0. The lowest BCUT2D eigenvalue weighted by molar-refractivity contribution is -0.112. The number of hydrogen-bond acceptors (Lipinski definition) is 5. The molecule has 5 nitrogen and oxygen atoms in total. The van der Waals surface area contributed by atoms with Crippen molar-refractivity contribution in [3.8, 4) is 17.9 Å². The van der Waals surface area contributed by atoms with Crippen LogP contribution in [0.2, 0.25) is 0 Å². The van der Waals surface area contributed by atoms with Gasteiger partial charge in [0.15, 0.2) is 0 Å². The molecule has 1 aromatic heterocycles. The number of benzene rings is 2. The second-order valence-electron chi connectivity index (χ2n) is 8.24. The Morgan fingerprint density at radius 1 is 1.17 bits per heavy atom. The Morgan fingerprint density at radius 3 is 2.60 bits per heavy atom. The number of carbonyl (C=O) groups excluding carboxylic acids is 1. The Labute approximate surface area is 236 Å². The number of nitrogens with one attached hydrogen (secondary N) is 1. The average Bonchev–Trinajstić information content (AvgIpc) is 3.18. The number of halogens is 2. The Hall–Kier alpha value is -2.41. The highest BCUT2D eigenvalue weighted by atomic mass is 127. The maximum Gasteiger partial charge on any atom is 0.266 e. The highest BCUT2D eigenvalue weighted by molar-refractivity contribution is 14.1. The van der Waals surface area contributed by atoms with Gasteiger partial charge in [0.1, 0.15) is 35.1 Å². The molecule has 0 fully saturated rings. The first-order chi connectivity index (χ1) is 16.9. The Bertz CT molecular complexity index is 1390.